The number of carbonyl (C=O) groups is 2. The molecular formula is C14H24O4. The van der Waals surface area contributed by atoms with E-state index in [0.29, 0.717) is 19.5 Å². The van der Waals surface area contributed by atoms with E-state index in [4.69, 9.17) is 5.11 Å². The van der Waals surface area contributed by atoms with Crippen LogP contribution in [0.25, 0.3) is 0 Å². The number of aliphatic carboxylic acids is 1. The normalized spacial score (nSPS) is 10.1. The van der Waals surface area contributed by atoms with Gasteiger partial charge in [0.1, 0.15) is 0 Å². The molecule has 0 aliphatic rings. The number of hydrogen-bond donors (Lipinski definition) is 1. The summed E-state index contributed by atoms with van der Waals surface area (Å²) in [5.41, 5.74) is 0. The molecule has 0 atom stereocenters. The van der Waals surface area contributed by atoms with Gasteiger partial charge in [-0.25, -0.2) is 0 Å². The lowest BCUT2D eigenvalue weighted by atomic mass is 10.3. The zero-order valence-electron chi connectivity index (χ0n) is 11.3. The van der Waals surface area contributed by atoms with Crippen molar-refractivity contribution in [2.24, 2.45) is 0 Å². The molecule has 0 radical (unpaired) electrons. The van der Waals surface area contributed by atoms with Gasteiger partial charge in [0.15, 0.2) is 0 Å². The highest BCUT2D eigenvalue weighted by Crippen LogP contribution is 1.91. The predicted molar refractivity (Wildman–Crippen MR) is 72.4 cm³/mol. The van der Waals surface area contributed by atoms with Crippen molar-refractivity contribution in [3.05, 3.63) is 24.3 Å². The molecule has 0 bridgehead atoms. The molecule has 0 saturated carbocycles. The molecule has 0 unspecified atom stereocenters. The second-order valence-corrected chi connectivity index (χ2v) is 3.45. The standard InChI is InChI=1S/2C7H12O2/c1-2-3-4-5-6-9-7-8;1-2-3-4-5-6-7(8)9/h3-4,7H,2,5-6H2,1H3;3-4H,2,5-6H2,1H3,(H,8,9)/b2*4-3-. The lowest BCUT2D eigenvalue weighted by Gasteiger charge is -1.89. The minimum absolute atomic E-state index is 0.247. The monoisotopic (exact) mass is 256 g/mol. The Morgan fingerprint density at radius 3 is 2.06 bits per heavy atom. The van der Waals surface area contributed by atoms with E-state index < -0.39 is 5.97 Å². The SMILES string of the molecule is CC/C=C\CCC(=O)O.CC/C=C\CCOC=O. The fourth-order valence-corrected chi connectivity index (χ4v) is 0.960. The first-order valence-electron chi connectivity index (χ1n) is 6.26. The first kappa shape index (κ1) is 18.8. The molecule has 0 fully saturated rings. The van der Waals surface area contributed by atoms with E-state index in [1.54, 1.807) is 0 Å². The quantitative estimate of drug-likeness (QED) is 0.390. The number of ether oxygens (including phenoxy) is 1. The lowest BCUT2D eigenvalue weighted by Crippen LogP contribution is -1.91. The molecule has 0 aliphatic heterocycles. The number of carbonyl (C=O) groups excluding carboxylic acids is 1. The summed E-state index contributed by atoms with van der Waals surface area (Å²) in [7, 11) is 0. The number of rotatable bonds is 9. The van der Waals surface area contributed by atoms with E-state index in [2.05, 4.69) is 11.7 Å². The second-order valence-electron chi connectivity index (χ2n) is 3.45. The van der Waals surface area contributed by atoms with Crippen LogP contribution in [0.1, 0.15) is 46.0 Å². The van der Waals surface area contributed by atoms with Crippen LogP contribution in [0.15, 0.2) is 24.3 Å². The summed E-state index contributed by atoms with van der Waals surface area (Å²) in [4.78, 5) is 19.5. The first-order valence-corrected chi connectivity index (χ1v) is 6.26. The molecule has 0 saturated heterocycles. The van der Waals surface area contributed by atoms with Gasteiger partial charge in [-0.15, -0.1) is 0 Å². The summed E-state index contributed by atoms with van der Waals surface area (Å²) < 4.78 is 4.45. The minimum Gasteiger partial charge on any atom is -0.481 e. The van der Waals surface area contributed by atoms with Crippen LogP contribution in [0.3, 0.4) is 0 Å². The summed E-state index contributed by atoms with van der Waals surface area (Å²) in [6, 6.07) is 0. The van der Waals surface area contributed by atoms with Crippen molar-refractivity contribution in [2.45, 2.75) is 46.0 Å². The average molecular weight is 256 g/mol. The van der Waals surface area contributed by atoms with Gasteiger partial charge in [0.2, 0.25) is 0 Å². The molecule has 0 aromatic heterocycles. The van der Waals surface area contributed by atoms with Gasteiger partial charge >= 0.3 is 5.97 Å². The fraction of sp³-hybridized carbons (Fsp3) is 0.571. The Balaban J connectivity index is 0. The lowest BCUT2D eigenvalue weighted by molar-refractivity contribution is -0.137. The molecule has 4 heteroatoms. The maximum absolute atomic E-state index is 9.93. The van der Waals surface area contributed by atoms with Gasteiger partial charge in [-0.1, -0.05) is 38.2 Å². The summed E-state index contributed by atoms with van der Waals surface area (Å²) in [6.07, 6.45) is 11.7. The highest BCUT2D eigenvalue weighted by molar-refractivity contribution is 5.66. The van der Waals surface area contributed by atoms with E-state index in [-0.39, 0.29) is 6.42 Å². The summed E-state index contributed by atoms with van der Waals surface area (Å²) >= 11 is 0. The Hall–Kier alpha value is -1.58. The van der Waals surface area contributed by atoms with Gasteiger partial charge in [0.05, 0.1) is 6.61 Å². The van der Waals surface area contributed by atoms with Crippen molar-refractivity contribution < 1.29 is 19.4 Å². The Bertz CT molecular complexity index is 244. The zero-order valence-corrected chi connectivity index (χ0v) is 11.3. The third kappa shape index (κ3) is 23.9. The molecule has 1 N–H and O–H groups in total. The van der Waals surface area contributed by atoms with E-state index in [1.165, 1.54) is 0 Å². The van der Waals surface area contributed by atoms with Crippen LogP contribution in [0, 0.1) is 0 Å². The average Bonchev–Trinajstić information content (AvgIpc) is 2.35. The van der Waals surface area contributed by atoms with Gasteiger partial charge in [-0.05, 0) is 25.7 Å². The van der Waals surface area contributed by atoms with E-state index in [0.717, 1.165) is 19.3 Å². The van der Waals surface area contributed by atoms with Crippen LogP contribution in [-0.4, -0.2) is 24.2 Å². The number of allylic oxidation sites excluding steroid dienone is 3. The summed E-state index contributed by atoms with van der Waals surface area (Å²) in [5, 5.41) is 8.18. The highest BCUT2D eigenvalue weighted by Gasteiger charge is 1.90. The molecule has 0 heterocycles. The Morgan fingerprint density at radius 1 is 1.06 bits per heavy atom. The Kier molecular flexibility index (Phi) is 18.6. The van der Waals surface area contributed by atoms with Gasteiger partial charge in [0.25, 0.3) is 6.47 Å². The Labute approximate surface area is 109 Å². The van der Waals surface area contributed by atoms with Gasteiger partial charge in [-0.2, -0.15) is 0 Å². The summed E-state index contributed by atoms with van der Waals surface area (Å²) in [6.45, 7) is 5.06. The van der Waals surface area contributed by atoms with E-state index >= 15 is 0 Å². The molecule has 0 spiro atoms. The second kappa shape index (κ2) is 17.8. The molecule has 4 nitrogen and oxygen atoms in total. The van der Waals surface area contributed by atoms with E-state index in [9.17, 15) is 9.59 Å². The first-order chi connectivity index (χ1) is 8.68. The highest BCUT2D eigenvalue weighted by atomic mass is 16.5. The Morgan fingerprint density at radius 2 is 1.61 bits per heavy atom. The van der Waals surface area contributed by atoms with Crippen LogP contribution in [0.2, 0.25) is 0 Å². The number of carboxylic acid groups (broad SMARTS) is 1. The summed E-state index contributed by atoms with van der Waals surface area (Å²) in [5.74, 6) is -0.726. The third-order valence-electron chi connectivity index (χ3n) is 1.80. The van der Waals surface area contributed by atoms with Crippen LogP contribution in [-0.2, 0) is 14.3 Å². The molecule has 0 aromatic carbocycles. The van der Waals surface area contributed by atoms with E-state index in [1.807, 2.05) is 31.2 Å². The van der Waals surface area contributed by atoms with Gasteiger partial charge in [-0.3, -0.25) is 9.59 Å². The van der Waals surface area contributed by atoms with Crippen LogP contribution >= 0.6 is 0 Å². The molecule has 0 amide bonds. The molecule has 0 aromatic rings. The van der Waals surface area contributed by atoms with Crippen molar-refractivity contribution in [1.29, 1.82) is 0 Å². The molecule has 0 rings (SSSR count). The maximum atomic E-state index is 9.93. The number of hydrogen-bond acceptors (Lipinski definition) is 3. The van der Waals surface area contributed by atoms with Crippen molar-refractivity contribution in [2.75, 3.05) is 6.61 Å². The smallest absolute Gasteiger partial charge is 0.303 e. The molecular weight excluding hydrogens is 232 g/mol. The predicted octanol–water partition coefficient (Wildman–Crippen LogP) is 3.33. The van der Waals surface area contributed by atoms with Crippen molar-refractivity contribution in [3.63, 3.8) is 0 Å². The molecule has 18 heavy (non-hydrogen) atoms. The van der Waals surface area contributed by atoms with Crippen molar-refractivity contribution in [3.8, 4) is 0 Å². The van der Waals surface area contributed by atoms with Gasteiger partial charge < -0.3 is 9.84 Å². The topological polar surface area (TPSA) is 63.6 Å². The van der Waals surface area contributed by atoms with Crippen molar-refractivity contribution in [1.82, 2.24) is 0 Å². The number of carboxylic acids is 1. The zero-order chi connectivity index (χ0) is 14.1. The molecule has 0 aliphatic carbocycles. The van der Waals surface area contributed by atoms with Crippen LogP contribution in [0.5, 0.6) is 0 Å². The largest absolute Gasteiger partial charge is 0.481 e. The molecule has 104 valence electrons. The van der Waals surface area contributed by atoms with Crippen LogP contribution < -0.4 is 0 Å². The third-order valence-corrected chi connectivity index (χ3v) is 1.80. The minimum atomic E-state index is -0.726. The maximum Gasteiger partial charge on any atom is 0.303 e. The van der Waals surface area contributed by atoms with Crippen LogP contribution in [0.4, 0.5) is 0 Å². The van der Waals surface area contributed by atoms with Gasteiger partial charge in [0, 0.05) is 6.42 Å². The fourth-order valence-electron chi connectivity index (χ4n) is 0.960. The van der Waals surface area contributed by atoms with Crippen molar-refractivity contribution >= 4 is 12.4 Å².